The summed E-state index contributed by atoms with van der Waals surface area (Å²) in [6.07, 6.45) is 4.78. The number of nitrogens with one attached hydrogen (secondary N) is 1. The van der Waals surface area contributed by atoms with Crippen LogP contribution in [0.25, 0.3) is 22.3 Å². The zero-order chi connectivity index (χ0) is 19.2. The monoisotopic (exact) mass is 373 g/mol. The number of hydrogen-bond donors (Lipinski definition) is 1. The highest BCUT2D eigenvalue weighted by atomic mass is 19.3. The van der Waals surface area contributed by atoms with Gasteiger partial charge in [-0.25, -0.2) is 15.0 Å². The van der Waals surface area contributed by atoms with Crippen molar-refractivity contribution < 1.29 is 18.3 Å². The smallest absolute Gasteiger partial charge is 0.287 e. The molecule has 0 aliphatic carbocycles. The van der Waals surface area contributed by atoms with Crippen molar-refractivity contribution in [3.8, 4) is 11.4 Å². The van der Waals surface area contributed by atoms with Crippen LogP contribution in [0.15, 0.2) is 30.7 Å². The molecule has 1 N–H and O–H groups in total. The van der Waals surface area contributed by atoms with Crippen LogP contribution in [0.5, 0.6) is 0 Å². The van der Waals surface area contributed by atoms with E-state index < -0.39 is 5.92 Å². The Morgan fingerprint density at radius 1 is 1.37 bits per heavy atom. The van der Waals surface area contributed by atoms with Gasteiger partial charge in [0.15, 0.2) is 5.82 Å². The second-order valence-electron chi connectivity index (χ2n) is 6.56. The predicted octanol–water partition coefficient (Wildman–Crippen LogP) is 3.13. The fourth-order valence-electron chi connectivity index (χ4n) is 2.99. The molecule has 3 aromatic rings. The summed E-state index contributed by atoms with van der Waals surface area (Å²) in [5.41, 5.74) is 1.04. The van der Waals surface area contributed by atoms with Crippen LogP contribution in [0.4, 0.5) is 14.6 Å². The summed E-state index contributed by atoms with van der Waals surface area (Å²) < 4.78 is 34.6. The Morgan fingerprint density at radius 3 is 2.78 bits per heavy atom. The van der Waals surface area contributed by atoms with Crippen molar-refractivity contribution >= 4 is 22.6 Å². The Labute approximate surface area is 153 Å². The van der Waals surface area contributed by atoms with Crippen molar-refractivity contribution in [3.63, 3.8) is 0 Å². The van der Waals surface area contributed by atoms with E-state index in [0.29, 0.717) is 24.6 Å². The Morgan fingerprint density at radius 2 is 2.15 bits per heavy atom. The molecular weight excluding hydrogens is 356 g/mol. The van der Waals surface area contributed by atoms with Crippen molar-refractivity contribution in [3.05, 3.63) is 36.4 Å². The molecule has 1 fully saturated rings. The van der Waals surface area contributed by atoms with Crippen LogP contribution < -0.4 is 5.32 Å². The van der Waals surface area contributed by atoms with Gasteiger partial charge in [-0.1, -0.05) is 0 Å². The van der Waals surface area contributed by atoms with Gasteiger partial charge in [-0.15, -0.1) is 0 Å². The van der Waals surface area contributed by atoms with Crippen molar-refractivity contribution in [1.82, 2.24) is 19.5 Å². The number of amides is 1. The molecule has 0 saturated carbocycles. The first kappa shape index (κ1) is 17.5. The van der Waals surface area contributed by atoms with Crippen molar-refractivity contribution in [2.45, 2.75) is 25.8 Å². The number of halogens is 2. The minimum Gasteiger partial charge on any atom is -0.377 e. The minimum atomic E-state index is -3.07. The Kier molecular flexibility index (Phi) is 4.11. The number of rotatable bonds is 4. The first-order valence-electron chi connectivity index (χ1n) is 8.40. The van der Waals surface area contributed by atoms with E-state index in [2.05, 4.69) is 20.3 Å². The van der Waals surface area contributed by atoms with Gasteiger partial charge in [-0.3, -0.25) is 4.79 Å². The molecule has 27 heavy (non-hydrogen) atoms. The number of carbonyl (C=O) groups is 1. The van der Waals surface area contributed by atoms with Gasteiger partial charge in [0.25, 0.3) is 5.92 Å². The second kappa shape index (κ2) is 6.34. The number of alkyl halides is 2. The average molecular weight is 373 g/mol. The van der Waals surface area contributed by atoms with Gasteiger partial charge in [0.05, 0.1) is 31.0 Å². The number of ether oxygens (including phenoxy) is 1. The minimum absolute atomic E-state index is 0.130. The molecule has 0 bridgehead atoms. The molecule has 0 radical (unpaired) electrons. The van der Waals surface area contributed by atoms with Gasteiger partial charge >= 0.3 is 0 Å². The molecular formula is C18H17F2N5O2. The normalized spacial score (nSPS) is 15.0. The van der Waals surface area contributed by atoms with E-state index in [1.54, 1.807) is 12.3 Å². The highest BCUT2D eigenvalue weighted by Gasteiger charge is 2.28. The standard InChI is InChI=1S/C18H17F2N5O2/c1-10(26)23-16-5-12-13(17-21-4-3-15(24-17)18(2,19)20)7-25(11-8-27-9-11)14(12)6-22-16/h3-7,11H,8-9H2,1-2H3,(H,22,23,26). The van der Waals surface area contributed by atoms with Crippen LogP contribution in [0, 0.1) is 0 Å². The molecule has 4 heterocycles. The lowest BCUT2D eigenvalue weighted by Gasteiger charge is -2.28. The lowest BCUT2D eigenvalue weighted by molar-refractivity contribution is -0.114. The Hall–Kier alpha value is -2.94. The lowest BCUT2D eigenvalue weighted by Crippen LogP contribution is -2.30. The maximum absolute atomic E-state index is 13.7. The Balaban J connectivity index is 1.89. The van der Waals surface area contributed by atoms with E-state index in [1.807, 2.05) is 10.8 Å². The van der Waals surface area contributed by atoms with Crippen molar-refractivity contribution in [2.24, 2.45) is 0 Å². The topological polar surface area (TPSA) is 81.9 Å². The number of carbonyl (C=O) groups excluding carboxylic acids is 1. The third-order valence-corrected chi connectivity index (χ3v) is 4.38. The fraction of sp³-hybridized carbons (Fsp3) is 0.333. The fourth-order valence-corrected chi connectivity index (χ4v) is 2.99. The molecule has 9 heteroatoms. The zero-order valence-electron chi connectivity index (χ0n) is 14.7. The first-order chi connectivity index (χ1) is 12.8. The summed E-state index contributed by atoms with van der Waals surface area (Å²) in [7, 11) is 0. The molecule has 0 atom stereocenters. The molecule has 7 nitrogen and oxygen atoms in total. The second-order valence-corrected chi connectivity index (χ2v) is 6.56. The molecule has 1 amide bonds. The summed E-state index contributed by atoms with van der Waals surface area (Å²) in [4.78, 5) is 23.8. The van der Waals surface area contributed by atoms with Crippen molar-refractivity contribution in [2.75, 3.05) is 18.5 Å². The predicted molar refractivity (Wildman–Crippen MR) is 94.5 cm³/mol. The van der Waals surface area contributed by atoms with Crippen LogP contribution in [-0.4, -0.2) is 38.6 Å². The number of nitrogens with zero attached hydrogens (tertiary/aromatic N) is 4. The number of pyridine rings is 1. The zero-order valence-corrected chi connectivity index (χ0v) is 14.7. The number of aromatic nitrogens is 4. The van der Waals surface area contributed by atoms with Gasteiger partial charge in [-0.05, 0) is 12.1 Å². The van der Waals surface area contributed by atoms with Crippen LogP contribution >= 0.6 is 0 Å². The van der Waals surface area contributed by atoms with Crippen LogP contribution in [0.1, 0.15) is 25.6 Å². The molecule has 0 spiro atoms. The van der Waals surface area contributed by atoms with E-state index >= 15 is 0 Å². The summed E-state index contributed by atoms with van der Waals surface area (Å²) in [6.45, 7) is 3.31. The van der Waals surface area contributed by atoms with Crippen LogP contribution in [-0.2, 0) is 15.5 Å². The highest BCUT2D eigenvalue weighted by Crippen LogP contribution is 2.34. The highest BCUT2D eigenvalue weighted by molar-refractivity contribution is 5.97. The van der Waals surface area contributed by atoms with Crippen molar-refractivity contribution in [1.29, 1.82) is 0 Å². The van der Waals surface area contributed by atoms with Gasteiger partial charge in [0.1, 0.15) is 11.5 Å². The van der Waals surface area contributed by atoms with E-state index in [0.717, 1.165) is 17.8 Å². The summed E-state index contributed by atoms with van der Waals surface area (Å²) in [5.74, 6) is -2.76. The van der Waals surface area contributed by atoms with Gasteiger partial charge in [0, 0.05) is 37.2 Å². The van der Waals surface area contributed by atoms with Crippen LogP contribution in [0.3, 0.4) is 0 Å². The SMILES string of the molecule is CC(=O)Nc1cc2c(-c3nccc(C(C)(F)F)n3)cn(C3COC3)c2cn1. The lowest BCUT2D eigenvalue weighted by atomic mass is 10.2. The summed E-state index contributed by atoms with van der Waals surface area (Å²) >= 11 is 0. The maximum atomic E-state index is 13.7. The molecule has 1 saturated heterocycles. The van der Waals surface area contributed by atoms with E-state index in [-0.39, 0.29) is 23.5 Å². The van der Waals surface area contributed by atoms with E-state index in [9.17, 15) is 13.6 Å². The van der Waals surface area contributed by atoms with E-state index in [4.69, 9.17) is 4.74 Å². The molecule has 140 valence electrons. The largest absolute Gasteiger partial charge is 0.377 e. The van der Waals surface area contributed by atoms with Crippen LogP contribution in [0.2, 0.25) is 0 Å². The molecule has 4 rings (SSSR count). The molecule has 1 aliphatic rings. The average Bonchev–Trinajstić information content (AvgIpc) is 2.91. The molecule has 3 aromatic heterocycles. The third-order valence-electron chi connectivity index (χ3n) is 4.38. The van der Waals surface area contributed by atoms with E-state index in [1.165, 1.54) is 19.2 Å². The third kappa shape index (κ3) is 3.25. The summed E-state index contributed by atoms with van der Waals surface area (Å²) in [5, 5.41) is 3.35. The molecule has 1 aliphatic heterocycles. The first-order valence-corrected chi connectivity index (χ1v) is 8.40. The summed E-state index contributed by atoms with van der Waals surface area (Å²) in [6, 6.07) is 3.03. The number of fused-ring (bicyclic) bond motifs is 1. The number of hydrogen-bond acceptors (Lipinski definition) is 5. The molecule has 0 unspecified atom stereocenters. The number of anilines is 1. The maximum Gasteiger partial charge on any atom is 0.287 e. The van der Waals surface area contributed by atoms with Gasteiger partial charge < -0.3 is 14.6 Å². The molecule has 0 aromatic carbocycles. The Bertz CT molecular complexity index is 1020. The quantitative estimate of drug-likeness (QED) is 0.760. The van der Waals surface area contributed by atoms with Gasteiger partial charge in [-0.2, -0.15) is 8.78 Å². The van der Waals surface area contributed by atoms with Gasteiger partial charge in [0.2, 0.25) is 5.91 Å².